The van der Waals surface area contributed by atoms with Crippen LogP contribution in [0.3, 0.4) is 0 Å². The molecule has 0 bridgehead atoms. The van der Waals surface area contributed by atoms with Crippen LogP contribution in [0.2, 0.25) is 5.02 Å². The van der Waals surface area contributed by atoms with Gasteiger partial charge in [-0.1, -0.05) is 17.7 Å². The summed E-state index contributed by atoms with van der Waals surface area (Å²) < 4.78 is 0. The van der Waals surface area contributed by atoms with Gasteiger partial charge in [-0.25, -0.2) is 0 Å². The summed E-state index contributed by atoms with van der Waals surface area (Å²) in [4.78, 5) is 1.90. The standard InChI is InChI=1S/C13H20ClNO2/c1-9(16)10-5-6-12(11(14)7-10)15(4)8-13(2,3)17/h5-7,9,16-17H,8H2,1-4H3/t9-/m0/s1. The van der Waals surface area contributed by atoms with Crippen LogP contribution in [0.15, 0.2) is 18.2 Å². The first-order valence-electron chi connectivity index (χ1n) is 5.62. The predicted octanol–water partition coefficient (Wildman–Crippen LogP) is 2.60. The predicted molar refractivity (Wildman–Crippen MR) is 71.7 cm³/mol. The van der Waals surface area contributed by atoms with Gasteiger partial charge in [-0.2, -0.15) is 0 Å². The Hall–Kier alpha value is -0.770. The molecule has 96 valence electrons. The van der Waals surface area contributed by atoms with Crippen molar-refractivity contribution in [2.45, 2.75) is 32.5 Å². The topological polar surface area (TPSA) is 43.7 Å². The number of aliphatic hydroxyl groups excluding tert-OH is 1. The van der Waals surface area contributed by atoms with E-state index in [1.54, 1.807) is 26.8 Å². The van der Waals surface area contributed by atoms with Gasteiger partial charge in [-0.05, 0) is 38.5 Å². The molecule has 4 heteroatoms. The van der Waals surface area contributed by atoms with E-state index in [4.69, 9.17) is 11.6 Å². The second-order valence-corrected chi connectivity index (χ2v) is 5.46. The van der Waals surface area contributed by atoms with Crippen molar-refractivity contribution in [2.75, 3.05) is 18.5 Å². The molecular formula is C13H20ClNO2. The lowest BCUT2D eigenvalue weighted by molar-refractivity contribution is 0.0886. The normalized spacial score (nSPS) is 13.6. The summed E-state index contributed by atoms with van der Waals surface area (Å²) >= 11 is 6.16. The third kappa shape index (κ3) is 4.19. The molecule has 0 unspecified atom stereocenters. The summed E-state index contributed by atoms with van der Waals surface area (Å²) in [6, 6.07) is 5.45. The Morgan fingerprint density at radius 3 is 2.41 bits per heavy atom. The van der Waals surface area contributed by atoms with Crippen LogP contribution in [0, 0.1) is 0 Å². The van der Waals surface area contributed by atoms with E-state index in [9.17, 15) is 10.2 Å². The summed E-state index contributed by atoms with van der Waals surface area (Å²) in [7, 11) is 1.88. The van der Waals surface area contributed by atoms with Gasteiger partial charge in [-0.3, -0.25) is 0 Å². The van der Waals surface area contributed by atoms with Crippen molar-refractivity contribution in [1.29, 1.82) is 0 Å². The number of hydrogen-bond donors (Lipinski definition) is 2. The molecule has 0 saturated heterocycles. The number of nitrogens with zero attached hydrogens (tertiary/aromatic N) is 1. The van der Waals surface area contributed by atoms with Gasteiger partial charge in [0.2, 0.25) is 0 Å². The highest BCUT2D eigenvalue weighted by atomic mass is 35.5. The Kier molecular flexibility index (Phi) is 4.42. The number of halogens is 1. The zero-order valence-corrected chi connectivity index (χ0v) is 11.5. The maximum Gasteiger partial charge on any atom is 0.0765 e. The summed E-state index contributed by atoms with van der Waals surface area (Å²) in [6.07, 6.45) is -0.527. The van der Waals surface area contributed by atoms with Crippen LogP contribution in [0.5, 0.6) is 0 Å². The fourth-order valence-electron chi connectivity index (χ4n) is 1.76. The number of likely N-dealkylation sites (N-methyl/N-ethyl adjacent to an activating group) is 1. The van der Waals surface area contributed by atoms with Crippen molar-refractivity contribution in [1.82, 2.24) is 0 Å². The Labute approximate surface area is 108 Å². The van der Waals surface area contributed by atoms with Crippen molar-refractivity contribution in [2.24, 2.45) is 0 Å². The minimum Gasteiger partial charge on any atom is -0.389 e. The van der Waals surface area contributed by atoms with Gasteiger partial charge in [-0.15, -0.1) is 0 Å². The van der Waals surface area contributed by atoms with Gasteiger partial charge in [0.15, 0.2) is 0 Å². The van der Waals surface area contributed by atoms with E-state index in [2.05, 4.69) is 0 Å². The molecule has 0 aromatic heterocycles. The van der Waals surface area contributed by atoms with Gasteiger partial charge in [0.25, 0.3) is 0 Å². The maximum atomic E-state index is 9.76. The van der Waals surface area contributed by atoms with Crippen LogP contribution in [0.1, 0.15) is 32.4 Å². The molecule has 0 heterocycles. The van der Waals surface area contributed by atoms with Gasteiger partial charge >= 0.3 is 0 Å². The molecular weight excluding hydrogens is 238 g/mol. The zero-order valence-electron chi connectivity index (χ0n) is 10.7. The molecule has 0 aliphatic heterocycles. The van der Waals surface area contributed by atoms with Crippen molar-refractivity contribution in [3.8, 4) is 0 Å². The monoisotopic (exact) mass is 257 g/mol. The SMILES string of the molecule is C[C@H](O)c1ccc(N(C)CC(C)(C)O)c(Cl)c1. The van der Waals surface area contributed by atoms with E-state index in [1.807, 2.05) is 24.1 Å². The van der Waals surface area contributed by atoms with E-state index in [1.165, 1.54) is 0 Å². The molecule has 1 aromatic rings. The van der Waals surface area contributed by atoms with Crippen molar-refractivity contribution in [3.05, 3.63) is 28.8 Å². The Balaban J connectivity index is 2.92. The fraction of sp³-hybridized carbons (Fsp3) is 0.538. The maximum absolute atomic E-state index is 9.76. The lowest BCUT2D eigenvalue weighted by atomic mass is 10.1. The smallest absolute Gasteiger partial charge is 0.0765 e. The van der Waals surface area contributed by atoms with Crippen LogP contribution < -0.4 is 4.90 Å². The lowest BCUT2D eigenvalue weighted by Crippen LogP contribution is -2.36. The number of hydrogen-bond acceptors (Lipinski definition) is 3. The Morgan fingerprint density at radius 2 is 2.00 bits per heavy atom. The van der Waals surface area contributed by atoms with Gasteiger partial charge in [0, 0.05) is 13.6 Å². The highest BCUT2D eigenvalue weighted by Gasteiger charge is 2.17. The van der Waals surface area contributed by atoms with Crippen LogP contribution in [-0.4, -0.2) is 29.4 Å². The molecule has 0 saturated carbocycles. The average molecular weight is 258 g/mol. The quantitative estimate of drug-likeness (QED) is 0.872. The highest BCUT2D eigenvalue weighted by molar-refractivity contribution is 6.33. The molecule has 0 aliphatic carbocycles. The van der Waals surface area contributed by atoms with Crippen molar-refractivity contribution < 1.29 is 10.2 Å². The first-order valence-corrected chi connectivity index (χ1v) is 5.99. The second kappa shape index (κ2) is 5.25. The summed E-state index contributed by atoms with van der Waals surface area (Å²) in [5.74, 6) is 0. The van der Waals surface area contributed by atoms with Gasteiger partial charge in [0.1, 0.15) is 0 Å². The molecule has 2 N–H and O–H groups in total. The first-order chi connectivity index (χ1) is 7.70. The van der Waals surface area contributed by atoms with E-state index in [0.717, 1.165) is 11.3 Å². The van der Waals surface area contributed by atoms with Crippen LogP contribution in [-0.2, 0) is 0 Å². The zero-order chi connectivity index (χ0) is 13.2. The third-order valence-electron chi connectivity index (χ3n) is 2.49. The molecule has 1 aromatic carbocycles. The van der Waals surface area contributed by atoms with Crippen LogP contribution in [0.4, 0.5) is 5.69 Å². The van der Waals surface area contributed by atoms with E-state index < -0.39 is 11.7 Å². The van der Waals surface area contributed by atoms with E-state index in [0.29, 0.717) is 11.6 Å². The van der Waals surface area contributed by atoms with Crippen LogP contribution in [0.25, 0.3) is 0 Å². The molecule has 0 spiro atoms. The largest absolute Gasteiger partial charge is 0.389 e. The molecule has 17 heavy (non-hydrogen) atoms. The highest BCUT2D eigenvalue weighted by Crippen LogP contribution is 2.29. The Bertz CT molecular complexity index is 385. The van der Waals surface area contributed by atoms with Gasteiger partial charge < -0.3 is 15.1 Å². The summed E-state index contributed by atoms with van der Waals surface area (Å²) in [6.45, 7) is 5.69. The lowest BCUT2D eigenvalue weighted by Gasteiger charge is -2.28. The molecule has 1 rings (SSSR count). The molecule has 0 fully saturated rings. The number of aliphatic hydroxyl groups is 2. The van der Waals surface area contributed by atoms with Crippen LogP contribution >= 0.6 is 11.6 Å². The van der Waals surface area contributed by atoms with Gasteiger partial charge in [0.05, 0.1) is 22.4 Å². The number of benzene rings is 1. The molecule has 0 amide bonds. The number of anilines is 1. The number of rotatable bonds is 4. The Morgan fingerprint density at radius 1 is 1.41 bits per heavy atom. The van der Waals surface area contributed by atoms with E-state index in [-0.39, 0.29) is 0 Å². The molecule has 1 atom stereocenters. The summed E-state index contributed by atoms with van der Waals surface area (Å²) in [5, 5.41) is 19.8. The molecule has 0 radical (unpaired) electrons. The first kappa shape index (κ1) is 14.3. The summed E-state index contributed by atoms with van der Waals surface area (Å²) in [5.41, 5.74) is 0.856. The molecule has 3 nitrogen and oxygen atoms in total. The van der Waals surface area contributed by atoms with Crippen molar-refractivity contribution in [3.63, 3.8) is 0 Å². The van der Waals surface area contributed by atoms with E-state index >= 15 is 0 Å². The second-order valence-electron chi connectivity index (χ2n) is 5.06. The average Bonchev–Trinajstić information content (AvgIpc) is 2.14. The molecule has 0 aliphatic rings. The fourth-order valence-corrected chi connectivity index (χ4v) is 2.09. The minimum atomic E-state index is -0.777. The van der Waals surface area contributed by atoms with Crippen molar-refractivity contribution >= 4 is 17.3 Å². The minimum absolute atomic E-state index is 0.487. The third-order valence-corrected chi connectivity index (χ3v) is 2.79.